The van der Waals surface area contributed by atoms with Gasteiger partial charge in [-0.1, -0.05) is 0 Å². The molecule has 0 fully saturated rings. The van der Waals surface area contributed by atoms with Gasteiger partial charge < -0.3 is 4.90 Å². The number of aryl methyl sites for hydroxylation is 3. The van der Waals surface area contributed by atoms with E-state index >= 15 is 0 Å². The molecule has 0 radical (unpaired) electrons. The highest BCUT2D eigenvalue weighted by atomic mass is 79.9. The van der Waals surface area contributed by atoms with Crippen LogP contribution in [0.2, 0.25) is 0 Å². The van der Waals surface area contributed by atoms with E-state index in [0.29, 0.717) is 18.9 Å². The summed E-state index contributed by atoms with van der Waals surface area (Å²) in [6.45, 7) is 8.35. The lowest BCUT2D eigenvalue weighted by Crippen LogP contribution is -2.27. The molecule has 3 heterocycles. The first kappa shape index (κ1) is 19.7. The number of hydrogen-bond acceptors (Lipinski definition) is 5. The molecule has 0 aromatic carbocycles. The standard InChI is InChI=1S/C19H22BrN5OS/c1-11-6-12(2)22-19(21-11)25-14(4)17(13(3)23-25)8-18(26)24(5)9-16-7-15(20)10-27-16/h6-7,10H,8-9H2,1-5H3. The Morgan fingerprint density at radius 2 is 1.85 bits per heavy atom. The summed E-state index contributed by atoms with van der Waals surface area (Å²) in [7, 11) is 1.83. The van der Waals surface area contributed by atoms with E-state index in [1.54, 1.807) is 20.9 Å². The third kappa shape index (κ3) is 4.44. The maximum Gasteiger partial charge on any atom is 0.251 e. The number of aromatic nitrogens is 4. The average molecular weight is 448 g/mol. The van der Waals surface area contributed by atoms with Gasteiger partial charge in [0.15, 0.2) is 0 Å². The molecule has 0 saturated carbocycles. The Labute approximate surface area is 171 Å². The van der Waals surface area contributed by atoms with Crippen LogP contribution in [-0.2, 0) is 17.8 Å². The topological polar surface area (TPSA) is 63.9 Å². The number of likely N-dealkylation sites (N-methyl/N-ethyl adjacent to an activating group) is 1. The number of carbonyl (C=O) groups is 1. The molecule has 0 aliphatic heterocycles. The maximum atomic E-state index is 12.7. The zero-order valence-electron chi connectivity index (χ0n) is 16.1. The minimum absolute atomic E-state index is 0.0617. The predicted molar refractivity (Wildman–Crippen MR) is 110 cm³/mol. The molecular weight excluding hydrogens is 426 g/mol. The van der Waals surface area contributed by atoms with Crippen molar-refractivity contribution in [1.29, 1.82) is 0 Å². The molecule has 0 spiro atoms. The summed E-state index contributed by atoms with van der Waals surface area (Å²) in [6.07, 6.45) is 0.311. The molecule has 3 aromatic heterocycles. The van der Waals surface area contributed by atoms with Crippen LogP contribution in [0.25, 0.3) is 5.95 Å². The van der Waals surface area contributed by atoms with Crippen molar-refractivity contribution in [3.8, 4) is 5.95 Å². The van der Waals surface area contributed by atoms with Gasteiger partial charge in [0, 0.05) is 44.4 Å². The van der Waals surface area contributed by atoms with E-state index in [1.807, 2.05) is 52.3 Å². The van der Waals surface area contributed by atoms with Crippen LogP contribution in [0.1, 0.15) is 33.2 Å². The first-order valence-corrected chi connectivity index (χ1v) is 10.3. The molecule has 0 saturated heterocycles. The third-order valence-corrected chi connectivity index (χ3v) is 6.05. The Kier molecular flexibility index (Phi) is 5.76. The molecule has 3 aromatic rings. The van der Waals surface area contributed by atoms with Crippen molar-refractivity contribution in [3.05, 3.63) is 55.2 Å². The Morgan fingerprint density at radius 3 is 2.44 bits per heavy atom. The van der Waals surface area contributed by atoms with Crippen molar-refractivity contribution < 1.29 is 4.79 Å². The fraction of sp³-hybridized carbons (Fsp3) is 0.368. The molecule has 0 N–H and O–H groups in total. The van der Waals surface area contributed by atoms with E-state index in [-0.39, 0.29) is 5.91 Å². The van der Waals surface area contributed by atoms with Crippen LogP contribution in [0.4, 0.5) is 0 Å². The normalized spacial score (nSPS) is 11.0. The van der Waals surface area contributed by atoms with Crippen LogP contribution in [0, 0.1) is 27.7 Å². The molecule has 0 aliphatic rings. The van der Waals surface area contributed by atoms with Crippen molar-refractivity contribution in [2.24, 2.45) is 0 Å². The first-order valence-electron chi connectivity index (χ1n) is 8.59. The van der Waals surface area contributed by atoms with Crippen molar-refractivity contribution >= 4 is 33.2 Å². The van der Waals surface area contributed by atoms with E-state index in [2.05, 4.69) is 31.0 Å². The fourth-order valence-corrected chi connectivity index (χ4v) is 4.48. The number of thiophene rings is 1. The molecule has 0 unspecified atom stereocenters. The third-order valence-electron chi connectivity index (χ3n) is 4.37. The van der Waals surface area contributed by atoms with E-state index < -0.39 is 0 Å². The fourth-order valence-electron chi connectivity index (χ4n) is 2.97. The average Bonchev–Trinajstić information content (AvgIpc) is 3.11. The number of amides is 1. The van der Waals surface area contributed by atoms with Crippen molar-refractivity contribution in [2.45, 2.75) is 40.7 Å². The largest absolute Gasteiger partial charge is 0.340 e. The van der Waals surface area contributed by atoms with Gasteiger partial charge in [-0.25, -0.2) is 14.6 Å². The monoisotopic (exact) mass is 447 g/mol. The van der Waals surface area contributed by atoms with Gasteiger partial charge in [0.25, 0.3) is 5.95 Å². The molecule has 8 heteroatoms. The highest BCUT2D eigenvalue weighted by molar-refractivity contribution is 9.10. The number of carbonyl (C=O) groups excluding carboxylic acids is 1. The van der Waals surface area contributed by atoms with Crippen LogP contribution in [-0.4, -0.2) is 37.6 Å². The Morgan fingerprint density at radius 1 is 1.19 bits per heavy atom. The molecular formula is C19H22BrN5OS. The van der Waals surface area contributed by atoms with Crippen LogP contribution in [0.15, 0.2) is 22.0 Å². The minimum Gasteiger partial charge on any atom is -0.340 e. The number of hydrogen-bond donors (Lipinski definition) is 0. The quantitative estimate of drug-likeness (QED) is 0.594. The lowest BCUT2D eigenvalue weighted by Gasteiger charge is -2.16. The Hall–Kier alpha value is -2.06. The molecule has 0 aliphatic carbocycles. The predicted octanol–water partition coefficient (Wildman–Crippen LogP) is 3.92. The summed E-state index contributed by atoms with van der Waals surface area (Å²) in [6, 6.07) is 3.97. The Bertz CT molecular complexity index is 974. The molecule has 6 nitrogen and oxygen atoms in total. The zero-order chi connectivity index (χ0) is 19.7. The van der Waals surface area contributed by atoms with Gasteiger partial charge in [0.05, 0.1) is 18.7 Å². The van der Waals surface area contributed by atoms with Gasteiger partial charge in [0.2, 0.25) is 5.91 Å². The molecule has 27 heavy (non-hydrogen) atoms. The highest BCUT2D eigenvalue weighted by Crippen LogP contribution is 2.22. The van der Waals surface area contributed by atoms with Crippen LogP contribution in [0.5, 0.6) is 0 Å². The van der Waals surface area contributed by atoms with Gasteiger partial charge in [-0.3, -0.25) is 4.79 Å². The van der Waals surface area contributed by atoms with E-state index in [1.165, 1.54) is 0 Å². The molecule has 0 atom stereocenters. The number of halogens is 1. The Balaban J connectivity index is 1.81. The second kappa shape index (κ2) is 7.90. The summed E-state index contributed by atoms with van der Waals surface area (Å²) in [5.41, 5.74) is 4.45. The molecule has 1 amide bonds. The van der Waals surface area contributed by atoms with Gasteiger partial charge in [-0.05, 0) is 55.8 Å². The smallest absolute Gasteiger partial charge is 0.251 e. The summed E-state index contributed by atoms with van der Waals surface area (Å²) >= 11 is 5.09. The van der Waals surface area contributed by atoms with E-state index in [0.717, 1.165) is 37.7 Å². The minimum atomic E-state index is 0.0617. The SMILES string of the molecule is Cc1cc(C)nc(-n2nc(C)c(CC(=O)N(C)Cc3cc(Br)cs3)c2C)n1. The summed E-state index contributed by atoms with van der Waals surface area (Å²) in [5, 5.41) is 6.60. The van der Waals surface area contributed by atoms with E-state index in [9.17, 15) is 4.79 Å². The van der Waals surface area contributed by atoms with Gasteiger partial charge in [-0.2, -0.15) is 5.10 Å². The van der Waals surface area contributed by atoms with Gasteiger partial charge in [-0.15, -0.1) is 11.3 Å². The molecule has 3 rings (SSSR count). The highest BCUT2D eigenvalue weighted by Gasteiger charge is 2.19. The zero-order valence-corrected chi connectivity index (χ0v) is 18.5. The second-order valence-corrected chi connectivity index (χ2v) is 8.58. The number of rotatable bonds is 5. The lowest BCUT2D eigenvalue weighted by atomic mass is 10.1. The lowest BCUT2D eigenvalue weighted by molar-refractivity contribution is -0.129. The first-order chi connectivity index (χ1) is 12.7. The van der Waals surface area contributed by atoms with Crippen LogP contribution < -0.4 is 0 Å². The second-order valence-electron chi connectivity index (χ2n) is 6.67. The van der Waals surface area contributed by atoms with Crippen molar-refractivity contribution in [1.82, 2.24) is 24.6 Å². The van der Waals surface area contributed by atoms with Crippen LogP contribution in [0.3, 0.4) is 0 Å². The summed E-state index contributed by atoms with van der Waals surface area (Å²) in [4.78, 5) is 24.6. The summed E-state index contributed by atoms with van der Waals surface area (Å²) < 4.78 is 2.78. The van der Waals surface area contributed by atoms with Gasteiger partial charge in [0.1, 0.15) is 0 Å². The van der Waals surface area contributed by atoms with Crippen molar-refractivity contribution in [2.75, 3.05) is 7.05 Å². The van der Waals surface area contributed by atoms with E-state index in [4.69, 9.17) is 0 Å². The molecule has 142 valence electrons. The molecule has 0 bridgehead atoms. The van der Waals surface area contributed by atoms with Crippen molar-refractivity contribution in [3.63, 3.8) is 0 Å². The van der Waals surface area contributed by atoms with Crippen LogP contribution >= 0.6 is 27.3 Å². The maximum absolute atomic E-state index is 12.7. The van der Waals surface area contributed by atoms with Gasteiger partial charge >= 0.3 is 0 Å². The summed E-state index contributed by atoms with van der Waals surface area (Å²) in [5.74, 6) is 0.607. The number of nitrogens with zero attached hydrogens (tertiary/aromatic N) is 5.